The molecule has 27 heavy (non-hydrogen) atoms. The zero-order valence-electron chi connectivity index (χ0n) is 14.5. The molecule has 0 fully saturated rings. The quantitative estimate of drug-likeness (QED) is 0.655. The number of rotatable bonds is 6. The number of benzene rings is 1. The van der Waals surface area contributed by atoms with Gasteiger partial charge < -0.3 is 15.1 Å². The van der Waals surface area contributed by atoms with Crippen molar-refractivity contribution in [3.05, 3.63) is 77.8 Å². The van der Waals surface area contributed by atoms with E-state index in [1.54, 1.807) is 37.4 Å². The molecule has 0 aliphatic carbocycles. The van der Waals surface area contributed by atoms with Crippen molar-refractivity contribution in [2.24, 2.45) is 7.05 Å². The monoisotopic (exact) mass is 368 g/mol. The zero-order valence-corrected chi connectivity index (χ0v) is 14.5. The van der Waals surface area contributed by atoms with Crippen molar-refractivity contribution in [2.45, 2.75) is 6.54 Å². The van der Waals surface area contributed by atoms with Gasteiger partial charge in [-0.2, -0.15) is 5.10 Å². The number of aromatic nitrogens is 2. The Bertz CT molecular complexity index is 960. The minimum Gasteiger partial charge on any atom is -0.467 e. The van der Waals surface area contributed by atoms with Crippen molar-refractivity contribution < 1.29 is 18.4 Å². The van der Waals surface area contributed by atoms with Gasteiger partial charge in [0.1, 0.15) is 17.3 Å². The van der Waals surface area contributed by atoms with Crippen LogP contribution in [0.2, 0.25) is 0 Å². The molecule has 2 heterocycles. The zero-order chi connectivity index (χ0) is 19.2. The molecule has 0 saturated carbocycles. The molecule has 2 N–H and O–H groups in total. The lowest BCUT2D eigenvalue weighted by molar-refractivity contribution is -0.111. The van der Waals surface area contributed by atoms with Crippen molar-refractivity contribution in [2.75, 3.05) is 5.32 Å². The molecule has 3 rings (SSSR count). The van der Waals surface area contributed by atoms with Crippen LogP contribution in [0.15, 0.2) is 59.4 Å². The number of aryl methyl sites for hydroxylation is 1. The van der Waals surface area contributed by atoms with Crippen molar-refractivity contribution in [3.63, 3.8) is 0 Å². The minimum absolute atomic E-state index is 0.213. The van der Waals surface area contributed by atoms with E-state index in [4.69, 9.17) is 4.42 Å². The number of anilines is 1. The van der Waals surface area contributed by atoms with Gasteiger partial charge in [-0.3, -0.25) is 14.3 Å². The van der Waals surface area contributed by atoms with Crippen LogP contribution in [-0.4, -0.2) is 21.6 Å². The van der Waals surface area contributed by atoms with Gasteiger partial charge in [0.05, 0.1) is 24.7 Å². The Morgan fingerprint density at radius 3 is 2.74 bits per heavy atom. The lowest BCUT2D eigenvalue weighted by atomic mass is 10.2. The molecule has 1 aromatic carbocycles. The van der Waals surface area contributed by atoms with E-state index in [1.807, 2.05) is 0 Å². The maximum Gasteiger partial charge on any atom is 0.272 e. The Labute approximate surface area is 154 Å². The molecule has 0 spiro atoms. The molecular weight excluding hydrogens is 351 g/mol. The van der Waals surface area contributed by atoms with Gasteiger partial charge in [-0.05, 0) is 35.9 Å². The first-order valence-electron chi connectivity index (χ1n) is 8.10. The van der Waals surface area contributed by atoms with E-state index in [1.165, 1.54) is 35.4 Å². The summed E-state index contributed by atoms with van der Waals surface area (Å²) < 4.78 is 19.4. The van der Waals surface area contributed by atoms with Gasteiger partial charge in [0.2, 0.25) is 5.91 Å². The second-order valence-electron chi connectivity index (χ2n) is 5.67. The summed E-state index contributed by atoms with van der Waals surface area (Å²) in [5, 5.41) is 9.34. The summed E-state index contributed by atoms with van der Waals surface area (Å²) in [6, 6.07) is 9.19. The van der Waals surface area contributed by atoms with E-state index in [0.717, 1.165) is 0 Å². The van der Waals surface area contributed by atoms with E-state index in [-0.39, 0.29) is 23.7 Å². The summed E-state index contributed by atoms with van der Waals surface area (Å²) in [5.74, 6) is -0.577. The smallest absolute Gasteiger partial charge is 0.272 e. The van der Waals surface area contributed by atoms with Crippen LogP contribution in [0.4, 0.5) is 10.1 Å². The van der Waals surface area contributed by atoms with Gasteiger partial charge in [-0.1, -0.05) is 12.1 Å². The number of carbonyl (C=O) groups excluding carboxylic acids is 2. The summed E-state index contributed by atoms with van der Waals surface area (Å²) in [4.78, 5) is 24.5. The number of hydrogen-bond acceptors (Lipinski definition) is 4. The van der Waals surface area contributed by atoms with Gasteiger partial charge in [0.25, 0.3) is 5.91 Å². The second-order valence-corrected chi connectivity index (χ2v) is 5.67. The summed E-state index contributed by atoms with van der Waals surface area (Å²) in [5.41, 5.74) is 1.17. The first-order chi connectivity index (χ1) is 13.0. The Balaban J connectivity index is 1.65. The standard InChI is InChI=1S/C19H17FN4O3/c1-24-18(19(26)21-11-15-3-2-10-27-15)16(12-22-24)23-17(25)9-6-13-4-7-14(20)8-5-13/h2-10,12H,11H2,1H3,(H,21,26)(H,23,25)/b9-6+. The molecule has 0 unspecified atom stereocenters. The Hall–Kier alpha value is -3.68. The van der Waals surface area contributed by atoms with Crippen LogP contribution in [0, 0.1) is 5.82 Å². The van der Waals surface area contributed by atoms with E-state index in [2.05, 4.69) is 15.7 Å². The number of nitrogens with zero attached hydrogens (tertiary/aromatic N) is 2. The van der Waals surface area contributed by atoms with Crippen LogP contribution >= 0.6 is 0 Å². The Morgan fingerprint density at radius 2 is 2.04 bits per heavy atom. The third-order valence-electron chi connectivity index (χ3n) is 3.71. The van der Waals surface area contributed by atoms with Gasteiger partial charge in [-0.25, -0.2) is 4.39 Å². The van der Waals surface area contributed by atoms with Crippen LogP contribution < -0.4 is 10.6 Å². The molecular formula is C19H17FN4O3. The molecule has 0 aliphatic heterocycles. The topological polar surface area (TPSA) is 89.2 Å². The molecule has 0 radical (unpaired) electrons. The summed E-state index contributed by atoms with van der Waals surface area (Å²) in [6.07, 6.45) is 5.75. The Kier molecular flexibility index (Phi) is 5.46. The van der Waals surface area contributed by atoms with Crippen LogP contribution in [0.1, 0.15) is 21.8 Å². The van der Waals surface area contributed by atoms with Crippen LogP contribution in [0.25, 0.3) is 6.08 Å². The van der Waals surface area contributed by atoms with E-state index in [9.17, 15) is 14.0 Å². The predicted molar refractivity (Wildman–Crippen MR) is 97.1 cm³/mol. The largest absolute Gasteiger partial charge is 0.467 e. The minimum atomic E-state index is -0.438. The normalized spacial score (nSPS) is 10.9. The first-order valence-corrected chi connectivity index (χ1v) is 8.10. The predicted octanol–water partition coefficient (Wildman–Crippen LogP) is 2.73. The van der Waals surface area contributed by atoms with E-state index in [0.29, 0.717) is 11.3 Å². The van der Waals surface area contributed by atoms with Crippen molar-refractivity contribution in [1.29, 1.82) is 0 Å². The molecule has 0 bridgehead atoms. The van der Waals surface area contributed by atoms with Gasteiger partial charge >= 0.3 is 0 Å². The Morgan fingerprint density at radius 1 is 1.26 bits per heavy atom. The van der Waals surface area contributed by atoms with Crippen LogP contribution in [0.5, 0.6) is 0 Å². The highest BCUT2D eigenvalue weighted by Crippen LogP contribution is 2.15. The fourth-order valence-electron chi connectivity index (χ4n) is 2.38. The lowest BCUT2D eigenvalue weighted by Crippen LogP contribution is -2.26. The van der Waals surface area contributed by atoms with Crippen molar-refractivity contribution in [3.8, 4) is 0 Å². The van der Waals surface area contributed by atoms with Gasteiger partial charge in [0, 0.05) is 13.1 Å². The fourth-order valence-corrected chi connectivity index (χ4v) is 2.38. The molecule has 2 aromatic heterocycles. The molecule has 138 valence electrons. The second kappa shape index (κ2) is 8.13. The molecule has 7 nitrogen and oxygen atoms in total. The first kappa shape index (κ1) is 18.1. The molecule has 3 aromatic rings. The maximum atomic E-state index is 12.9. The number of carbonyl (C=O) groups is 2. The highest BCUT2D eigenvalue weighted by molar-refractivity contribution is 6.06. The SMILES string of the molecule is Cn1ncc(NC(=O)/C=C/c2ccc(F)cc2)c1C(=O)NCc1ccco1. The highest BCUT2D eigenvalue weighted by Gasteiger charge is 2.18. The molecule has 8 heteroatoms. The molecule has 0 aliphatic rings. The molecule has 0 atom stereocenters. The van der Waals surface area contributed by atoms with Crippen LogP contribution in [0.3, 0.4) is 0 Å². The average molecular weight is 368 g/mol. The molecule has 2 amide bonds. The number of amides is 2. The highest BCUT2D eigenvalue weighted by atomic mass is 19.1. The van der Waals surface area contributed by atoms with Crippen molar-refractivity contribution >= 4 is 23.6 Å². The fraction of sp³-hybridized carbons (Fsp3) is 0.105. The number of nitrogens with one attached hydrogen (secondary N) is 2. The van der Waals surface area contributed by atoms with Gasteiger partial charge in [0.15, 0.2) is 0 Å². The van der Waals surface area contributed by atoms with E-state index >= 15 is 0 Å². The molecule has 0 saturated heterocycles. The van der Waals surface area contributed by atoms with Crippen LogP contribution in [-0.2, 0) is 18.4 Å². The number of halogens is 1. The summed E-state index contributed by atoms with van der Waals surface area (Å²) in [6.45, 7) is 0.217. The average Bonchev–Trinajstić information content (AvgIpc) is 3.29. The third-order valence-corrected chi connectivity index (χ3v) is 3.71. The number of furan rings is 1. The van der Waals surface area contributed by atoms with Crippen molar-refractivity contribution in [1.82, 2.24) is 15.1 Å². The van der Waals surface area contributed by atoms with E-state index < -0.39 is 11.8 Å². The maximum absolute atomic E-state index is 12.9. The number of hydrogen-bond donors (Lipinski definition) is 2. The summed E-state index contributed by atoms with van der Waals surface area (Å²) in [7, 11) is 1.60. The lowest BCUT2D eigenvalue weighted by Gasteiger charge is -2.07. The third kappa shape index (κ3) is 4.69. The summed E-state index contributed by atoms with van der Waals surface area (Å²) >= 11 is 0. The van der Waals surface area contributed by atoms with Gasteiger partial charge in [-0.15, -0.1) is 0 Å².